The Morgan fingerprint density at radius 3 is 2.67 bits per heavy atom. The van der Waals surface area contributed by atoms with Crippen LogP contribution in [-0.2, 0) is 13.0 Å². The van der Waals surface area contributed by atoms with Crippen LogP contribution in [0.5, 0.6) is 0 Å². The summed E-state index contributed by atoms with van der Waals surface area (Å²) in [4.78, 5) is 10.6. The van der Waals surface area contributed by atoms with Crippen molar-refractivity contribution in [1.82, 2.24) is 10.2 Å². The molecule has 0 aliphatic rings. The van der Waals surface area contributed by atoms with E-state index in [9.17, 15) is 0 Å². The third-order valence-corrected chi connectivity index (χ3v) is 5.00. The van der Waals surface area contributed by atoms with Crippen molar-refractivity contribution in [3.63, 3.8) is 0 Å². The van der Waals surface area contributed by atoms with Crippen molar-refractivity contribution in [1.29, 1.82) is 0 Å². The summed E-state index contributed by atoms with van der Waals surface area (Å²) in [5.74, 6) is 0.951. The van der Waals surface area contributed by atoms with Gasteiger partial charge in [0.15, 0.2) is 5.96 Å². The van der Waals surface area contributed by atoms with Crippen LogP contribution in [0, 0.1) is 6.92 Å². The molecule has 2 aromatic heterocycles. The summed E-state index contributed by atoms with van der Waals surface area (Å²) in [6.07, 6.45) is 1.06. The Kier molecular flexibility index (Phi) is 8.28. The van der Waals surface area contributed by atoms with Crippen molar-refractivity contribution < 1.29 is 0 Å². The van der Waals surface area contributed by atoms with Gasteiger partial charge in [0.2, 0.25) is 0 Å². The van der Waals surface area contributed by atoms with Crippen molar-refractivity contribution >= 4 is 52.6 Å². The molecule has 2 aromatic rings. The molecule has 3 nitrogen and oxygen atoms in total. The summed E-state index contributed by atoms with van der Waals surface area (Å²) in [7, 11) is 3.92. The summed E-state index contributed by atoms with van der Waals surface area (Å²) in [6, 6.07) is 8.62. The van der Waals surface area contributed by atoms with Crippen LogP contribution in [-0.4, -0.2) is 31.5 Å². The minimum Gasteiger partial charge on any atom is -0.351 e. The highest BCUT2D eigenvalue weighted by Gasteiger charge is 2.06. The normalized spacial score (nSPS) is 11.1. The first-order valence-corrected chi connectivity index (χ1v) is 8.38. The number of hydrogen-bond acceptors (Lipinski definition) is 3. The van der Waals surface area contributed by atoms with E-state index in [-0.39, 0.29) is 24.0 Å². The topological polar surface area (TPSA) is 27.6 Å². The molecule has 6 heteroatoms. The molecule has 21 heavy (non-hydrogen) atoms. The summed E-state index contributed by atoms with van der Waals surface area (Å²) in [6.45, 7) is 3.95. The minimum atomic E-state index is 0. The average molecular weight is 435 g/mol. The Morgan fingerprint density at radius 2 is 2.10 bits per heavy atom. The number of nitrogens with zero attached hydrogens (tertiary/aromatic N) is 2. The van der Waals surface area contributed by atoms with Gasteiger partial charge in [-0.25, -0.2) is 0 Å². The zero-order valence-electron chi connectivity index (χ0n) is 12.6. The molecule has 0 aliphatic heterocycles. The van der Waals surface area contributed by atoms with Crippen LogP contribution < -0.4 is 5.32 Å². The van der Waals surface area contributed by atoms with Gasteiger partial charge in [-0.05, 0) is 36.9 Å². The minimum absolute atomic E-state index is 0. The molecule has 116 valence electrons. The molecule has 1 N–H and O–H groups in total. The monoisotopic (exact) mass is 435 g/mol. The van der Waals surface area contributed by atoms with Crippen LogP contribution in [0.1, 0.15) is 14.6 Å². The van der Waals surface area contributed by atoms with Gasteiger partial charge in [0.05, 0.1) is 6.54 Å². The molecule has 0 amide bonds. The highest BCUT2D eigenvalue weighted by atomic mass is 127. The quantitative estimate of drug-likeness (QED) is 0.437. The second-order valence-corrected chi connectivity index (χ2v) is 7.07. The molecule has 0 radical (unpaired) electrons. The molecule has 0 bridgehead atoms. The Labute approximate surface area is 152 Å². The van der Waals surface area contributed by atoms with E-state index in [1.54, 1.807) is 0 Å². The van der Waals surface area contributed by atoms with Gasteiger partial charge in [0.1, 0.15) is 0 Å². The van der Waals surface area contributed by atoms with Crippen LogP contribution in [0.4, 0.5) is 0 Å². The van der Waals surface area contributed by atoms with E-state index in [0.717, 1.165) is 25.5 Å². The van der Waals surface area contributed by atoms with Gasteiger partial charge in [0, 0.05) is 35.3 Å². The number of thiophene rings is 2. The molecule has 0 fully saturated rings. The molecule has 0 aliphatic carbocycles. The molecule has 0 spiro atoms. The molecule has 2 rings (SSSR count). The molecule has 2 heterocycles. The van der Waals surface area contributed by atoms with Crippen molar-refractivity contribution in [2.24, 2.45) is 4.99 Å². The average Bonchev–Trinajstić information content (AvgIpc) is 3.08. The maximum atomic E-state index is 4.35. The summed E-state index contributed by atoms with van der Waals surface area (Å²) in [5.41, 5.74) is 0. The van der Waals surface area contributed by atoms with Crippen LogP contribution in [0.15, 0.2) is 34.6 Å². The SMILES string of the molecule is CN=C(NCc1ccc(C)s1)N(C)CCc1cccs1.I. The molecule has 0 atom stereocenters. The lowest BCUT2D eigenvalue weighted by Gasteiger charge is -2.21. The fraction of sp³-hybridized carbons (Fsp3) is 0.400. The maximum Gasteiger partial charge on any atom is 0.193 e. The van der Waals surface area contributed by atoms with Crippen molar-refractivity contribution in [3.05, 3.63) is 44.3 Å². The Bertz CT molecular complexity index is 549. The fourth-order valence-corrected chi connectivity index (χ4v) is 3.50. The smallest absolute Gasteiger partial charge is 0.193 e. The Morgan fingerprint density at radius 1 is 1.29 bits per heavy atom. The molecule has 0 aromatic carbocycles. The Hall–Kier alpha value is -0.600. The zero-order valence-corrected chi connectivity index (χ0v) is 16.6. The van der Waals surface area contributed by atoms with E-state index >= 15 is 0 Å². The first-order valence-electron chi connectivity index (χ1n) is 6.68. The van der Waals surface area contributed by atoms with E-state index in [1.165, 1.54) is 14.6 Å². The molecular formula is C15H22IN3S2. The zero-order chi connectivity index (χ0) is 14.4. The van der Waals surface area contributed by atoms with Crippen LogP contribution in [0.25, 0.3) is 0 Å². The summed E-state index contributed by atoms with van der Waals surface area (Å²) in [5, 5.41) is 5.55. The number of nitrogens with one attached hydrogen (secondary N) is 1. The standard InChI is InChI=1S/C15H21N3S2.HI/c1-12-6-7-14(20-12)11-17-15(16-2)18(3)9-8-13-5-4-10-19-13;/h4-7,10H,8-9,11H2,1-3H3,(H,16,17);1H. The van der Waals surface area contributed by atoms with Gasteiger partial charge in [-0.2, -0.15) is 0 Å². The van der Waals surface area contributed by atoms with Crippen LogP contribution in [0.2, 0.25) is 0 Å². The fourth-order valence-electron chi connectivity index (χ4n) is 1.97. The lowest BCUT2D eigenvalue weighted by molar-refractivity contribution is 0.487. The third-order valence-electron chi connectivity index (χ3n) is 3.06. The first kappa shape index (κ1) is 18.4. The number of guanidine groups is 1. The second kappa shape index (κ2) is 9.42. The molecular weight excluding hydrogens is 413 g/mol. The van der Waals surface area contributed by atoms with Gasteiger partial charge in [0.25, 0.3) is 0 Å². The van der Waals surface area contributed by atoms with Crippen molar-refractivity contribution in [3.8, 4) is 0 Å². The van der Waals surface area contributed by atoms with Gasteiger partial charge < -0.3 is 10.2 Å². The van der Waals surface area contributed by atoms with Crippen molar-refractivity contribution in [2.45, 2.75) is 19.9 Å². The van der Waals surface area contributed by atoms with Crippen molar-refractivity contribution in [2.75, 3.05) is 20.6 Å². The summed E-state index contributed by atoms with van der Waals surface area (Å²) < 4.78 is 0. The predicted molar refractivity (Wildman–Crippen MR) is 105 cm³/mol. The molecule has 0 unspecified atom stereocenters. The third kappa shape index (κ3) is 5.96. The number of aryl methyl sites for hydroxylation is 1. The Balaban J connectivity index is 0.00000220. The van der Waals surface area contributed by atoms with E-state index in [4.69, 9.17) is 0 Å². The molecule has 0 saturated carbocycles. The van der Waals surface area contributed by atoms with Gasteiger partial charge in [-0.3, -0.25) is 4.99 Å². The first-order chi connectivity index (χ1) is 9.69. The van der Waals surface area contributed by atoms with E-state index in [1.807, 2.05) is 29.7 Å². The molecule has 0 saturated heterocycles. The number of aliphatic imine (C=N–C) groups is 1. The van der Waals surface area contributed by atoms with E-state index in [2.05, 4.69) is 58.8 Å². The number of likely N-dealkylation sites (N-methyl/N-ethyl adjacent to an activating group) is 1. The number of halogens is 1. The van der Waals surface area contributed by atoms with E-state index < -0.39 is 0 Å². The van der Waals surface area contributed by atoms with Crippen LogP contribution >= 0.6 is 46.7 Å². The van der Waals surface area contributed by atoms with Crippen LogP contribution in [0.3, 0.4) is 0 Å². The number of hydrogen-bond donors (Lipinski definition) is 1. The summed E-state index contributed by atoms with van der Waals surface area (Å²) >= 11 is 3.64. The lowest BCUT2D eigenvalue weighted by Crippen LogP contribution is -2.39. The van der Waals surface area contributed by atoms with Gasteiger partial charge in [-0.1, -0.05) is 6.07 Å². The second-order valence-electron chi connectivity index (χ2n) is 4.66. The van der Waals surface area contributed by atoms with Gasteiger partial charge in [-0.15, -0.1) is 46.7 Å². The number of rotatable bonds is 5. The highest BCUT2D eigenvalue weighted by Crippen LogP contribution is 2.14. The van der Waals surface area contributed by atoms with E-state index in [0.29, 0.717) is 0 Å². The largest absolute Gasteiger partial charge is 0.351 e. The van der Waals surface area contributed by atoms with Gasteiger partial charge >= 0.3 is 0 Å². The maximum absolute atomic E-state index is 4.35. The lowest BCUT2D eigenvalue weighted by atomic mass is 10.3. The predicted octanol–water partition coefficient (Wildman–Crippen LogP) is 3.99. The highest BCUT2D eigenvalue weighted by molar-refractivity contribution is 14.0.